The summed E-state index contributed by atoms with van der Waals surface area (Å²) >= 11 is 0. The average Bonchev–Trinajstić information content (AvgIpc) is 2.69. The zero-order valence-electron chi connectivity index (χ0n) is 8.30. The summed E-state index contributed by atoms with van der Waals surface area (Å²) in [5.41, 5.74) is 0.326. The molecule has 1 atom stereocenters. The summed E-state index contributed by atoms with van der Waals surface area (Å²) in [7, 11) is 0. The molecule has 1 unspecified atom stereocenters. The van der Waals surface area contributed by atoms with Crippen LogP contribution in [-0.2, 0) is 4.74 Å². The van der Waals surface area contributed by atoms with Crippen LogP contribution in [0.2, 0.25) is 0 Å². The molecule has 1 aromatic carbocycles. The van der Waals surface area contributed by atoms with Crippen LogP contribution in [0.25, 0.3) is 0 Å². The van der Waals surface area contributed by atoms with Crippen molar-refractivity contribution < 1.29 is 13.5 Å². The second-order valence-corrected chi connectivity index (χ2v) is 3.64. The van der Waals surface area contributed by atoms with E-state index in [9.17, 15) is 8.78 Å². The van der Waals surface area contributed by atoms with Gasteiger partial charge in [-0.1, -0.05) is 0 Å². The predicted molar refractivity (Wildman–Crippen MR) is 53.8 cm³/mol. The molecule has 4 heteroatoms. The van der Waals surface area contributed by atoms with Gasteiger partial charge < -0.3 is 10.1 Å². The molecule has 1 aliphatic rings. The van der Waals surface area contributed by atoms with Gasteiger partial charge in [0.2, 0.25) is 0 Å². The standard InChI is InChI=1S/C11H13F2NO/c12-8-3-4-11(10(13)6-8)14-7-9-2-1-5-15-9/h3-4,6,9,14H,1-2,5,7H2. The molecule has 2 rings (SSSR count). The van der Waals surface area contributed by atoms with Gasteiger partial charge in [0, 0.05) is 19.2 Å². The molecular weight excluding hydrogens is 200 g/mol. The van der Waals surface area contributed by atoms with Crippen molar-refractivity contribution in [3.63, 3.8) is 0 Å². The van der Waals surface area contributed by atoms with E-state index in [0.717, 1.165) is 25.5 Å². The van der Waals surface area contributed by atoms with E-state index in [1.165, 1.54) is 12.1 Å². The lowest BCUT2D eigenvalue weighted by Gasteiger charge is -2.12. The van der Waals surface area contributed by atoms with E-state index in [0.29, 0.717) is 12.2 Å². The van der Waals surface area contributed by atoms with E-state index < -0.39 is 11.6 Å². The summed E-state index contributed by atoms with van der Waals surface area (Å²) in [5.74, 6) is -1.12. The maximum absolute atomic E-state index is 13.2. The minimum atomic E-state index is -0.562. The Balaban J connectivity index is 1.92. The summed E-state index contributed by atoms with van der Waals surface area (Å²) in [5, 5.41) is 2.92. The molecule has 0 bridgehead atoms. The highest BCUT2D eigenvalue weighted by atomic mass is 19.1. The molecule has 1 aliphatic heterocycles. The van der Waals surface area contributed by atoms with Gasteiger partial charge in [-0.25, -0.2) is 8.78 Å². The Hall–Kier alpha value is -1.16. The van der Waals surface area contributed by atoms with Crippen LogP contribution < -0.4 is 5.32 Å². The highest BCUT2D eigenvalue weighted by Crippen LogP contribution is 2.17. The van der Waals surface area contributed by atoms with Crippen molar-refractivity contribution in [1.82, 2.24) is 0 Å². The van der Waals surface area contributed by atoms with E-state index in [1.54, 1.807) is 0 Å². The first-order valence-electron chi connectivity index (χ1n) is 5.06. The van der Waals surface area contributed by atoms with Crippen LogP contribution in [0.15, 0.2) is 18.2 Å². The summed E-state index contributed by atoms with van der Waals surface area (Å²) in [6, 6.07) is 3.51. The smallest absolute Gasteiger partial charge is 0.149 e. The first-order chi connectivity index (χ1) is 7.25. The van der Waals surface area contributed by atoms with Crippen molar-refractivity contribution in [1.29, 1.82) is 0 Å². The van der Waals surface area contributed by atoms with E-state index in [2.05, 4.69) is 5.32 Å². The lowest BCUT2D eigenvalue weighted by molar-refractivity contribution is 0.120. The van der Waals surface area contributed by atoms with Gasteiger partial charge in [-0.3, -0.25) is 0 Å². The molecule has 1 aromatic rings. The molecule has 0 aromatic heterocycles. The van der Waals surface area contributed by atoms with Gasteiger partial charge in [0.25, 0.3) is 0 Å². The van der Waals surface area contributed by atoms with Gasteiger partial charge >= 0.3 is 0 Å². The van der Waals surface area contributed by atoms with Crippen molar-refractivity contribution in [3.05, 3.63) is 29.8 Å². The molecular formula is C11H13F2NO. The number of hydrogen-bond acceptors (Lipinski definition) is 2. The minimum Gasteiger partial charge on any atom is -0.380 e. The van der Waals surface area contributed by atoms with Crippen molar-refractivity contribution in [2.75, 3.05) is 18.5 Å². The lowest BCUT2D eigenvalue weighted by atomic mass is 10.2. The van der Waals surface area contributed by atoms with Crippen LogP contribution in [0.4, 0.5) is 14.5 Å². The predicted octanol–water partition coefficient (Wildman–Crippen LogP) is 2.56. The summed E-state index contributed by atoms with van der Waals surface area (Å²) in [6.45, 7) is 1.35. The zero-order valence-corrected chi connectivity index (χ0v) is 8.30. The van der Waals surface area contributed by atoms with E-state index in [1.807, 2.05) is 0 Å². The highest BCUT2D eigenvalue weighted by molar-refractivity contribution is 5.44. The third-order valence-electron chi connectivity index (χ3n) is 2.48. The van der Waals surface area contributed by atoms with Crippen molar-refractivity contribution >= 4 is 5.69 Å². The molecule has 2 nitrogen and oxygen atoms in total. The van der Waals surface area contributed by atoms with E-state index in [4.69, 9.17) is 4.74 Å². The molecule has 1 saturated heterocycles. The summed E-state index contributed by atoms with van der Waals surface area (Å²) in [6.07, 6.45) is 2.20. The highest BCUT2D eigenvalue weighted by Gasteiger charge is 2.15. The Morgan fingerprint density at radius 2 is 2.27 bits per heavy atom. The first kappa shape index (κ1) is 10.4. The van der Waals surface area contributed by atoms with Crippen molar-refractivity contribution in [3.8, 4) is 0 Å². The molecule has 1 N–H and O–H groups in total. The minimum absolute atomic E-state index is 0.148. The van der Waals surface area contributed by atoms with Gasteiger partial charge in [0.05, 0.1) is 11.8 Å². The maximum atomic E-state index is 13.2. The van der Waals surface area contributed by atoms with Gasteiger partial charge in [-0.05, 0) is 25.0 Å². The quantitative estimate of drug-likeness (QED) is 0.833. The fourth-order valence-electron chi connectivity index (χ4n) is 1.66. The van der Waals surface area contributed by atoms with E-state index >= 15 is 0 Å². The second-order valence-electron chi connectivity index (χ2n) is 3.64. The fourth-order valence-corrected chi connectivity index (χ4v) is 1.66. The molecule has 0 aliphatic carbocycles. The summed E-state index contributed by atoms with van der Waals surface area (Å²) in [4.78, 5) is 0. The molecule has 0 saturated carbocycles. The third-order valence-corrected chi connectivity index (χ3v) is 2.48. The summed E-state index contributed by atoms with van der Waals surface area (Å²) < 4.78 is 31.2. The van der Waals surface area contributed by atoms with Crippen molar-refractivity contribution in [2.45, 2.75) is 18.9 Å². The monoisotopic (exact) mass is 213 g/mol. The Morgan fingerprint density at radius 3 is 2.93 bits per heavy atom. The van der Waals surface area contributed by atoms with Gasteiger partial charge in [-0.15, -0.1) is 0 Å². The van der Waals surface area contributed by atoms with Crippen LogP contribution in [0.5, 0.6) is 0 Å². The fraction of sp³-hybridized carbons (Fsp3) is 0.455. The van der Waals surface area contributed by atoms with Crippen LogP contribution in [-0.4, -0.2) is 19.3 Å². The number of benzene rings is 1. The number of anilines is 1. The second kappa shape index (κ2) is 4.57. The van der Waals surface area contributed by atoms with Crippen LogP contribution in [0.3, 0.4) is 0 Å². The maximum Gasteiger partial charge on any atom is 0.149 e. The molecule has 0 spiro atoms. The van der Waals surface area contributed by atoms with Gasteiger partial charge in [-0.2, -0.15) is 0 Å². The SMILES string of the molecule is Fc1ccc(NCC2CCCO2)c(F)c1. The lowest BCUT2D eigenvalue weighted by Crippen LogP contribution is -2.18. The Bertz CT molecular complexity index is 337. The molecule has 0 radical (unpaired) electrons. The molecule has 82 valence electrons. The van der Waals surface area contributed by atoms with Crippen LogP contribution >= 0.6 is 0 Å². The Kier molecular flexibility index (Phi) is 3.16. The zero-order chi connectivity index (χ0) is 10.7. The number of halogens is 2. The number of ether oxygens (including phenoxy) is 1. The molecule has 15 heavy (non-hydrogen) atoms. The third kappa shape index (κ3) is 2.65. The normalized spacial score (nSPS) is 20.5. The van der Waals surface area contributed by atoms with Crippen LogP contribution in [0, 0.1) is 11.6 Å². The molecule has 1 heterocycles. The van der Waals surface area contributed by atoms with Crippen LogP contribution in [0.1, 0.15) is 12.8 Å². The number of hydrogen-bond donors (Lipinski definition) is 1. The number of nitrogens with one attached hydrogen (secondary N) is 1. The molecule has 0 amide bonds. The Labute approximate surface area is 87.2 Å². The largest absolute Gasteiger partial charge is 0.380 e. The Morgan fingerprint density at radius 1 is 1.40 bits per heavy atom. The van der Waals surface area contributed by atoms with E-state index in [-0.39, 0.29) is 6.10 Å². The van der Waals surface area contributed by atoms with Gasteiger partial charge in [0.15, 0.2) is 0 Å². The topological polar surface area (TPSA) is 21.3 Å². The number of rotatable bonds is 3. The average molecular weight is 213 g/mol. The molecule has 1 fully saturated rings. The van der Waals surface area contributed by atoms with Gasteiger partial charge in [0.1, 0.15) is 11.6 Å². The first-order valence-corrected chi connectivity index (χ1v) is 5.06. The van der Waals surface area contributed by atoms with Crippen molar-refractivity contribution in [2.24, 2.45) is 0 Å².